The summed E-state index contributed by atoms with van der Waals surface area (Å²) in [5.74, 6) is -0.489. The number of aromatic nitrogens is 1. The normalized spacial score (nSPS) is 10.9. The molecular formula is C16H21N3O7S. The summed E-state index contributed by atoms with van der Waals surface area (Å²) in [6, 6.07) is 6.68. The van der Waals surface area contributed by atoms with E-state index < -0.39 is 35.4 Å². The standard InChI is InChI=1S/C15H17N3O6S.CH4O/c16-25(23,24)18-6-5-13(14(18)9-21)10-1-3-11(4-2-10)15(22)17-12(7-19)8-20;1-2/h1-6,9,12,19-20H,7-8H2,(H,17,22)(H2,16,23,24);2H,1H3. The van der Waals surface area contributed by atoms with Crippen LogP contribution in [-0.4, -0.2) is 66.3 Å². The molecule has 27 heavy (non-hydrogen) atoms. The molecule has 0 radical (unpaired) electrons. The van der Waals surface area contributed by atoms with Crippen molar-refractivity contribution >= 4 is 22.4 Å². The molecule has 0 aliphatic rings. The number of benzene rings is 1. The van der Waals surface area contributed by atoms with Crippen LogP contribution in [0.25, 0.3) is 11.1 Å². The van der Waals surface area contributed by atoms with E-state index in [0.717, 1.165) is 7.11 Å². The third-order valence-electron chi connectivity index (χ3n) is 3.51. The van der Waals surface area contributed by atoms with Crippen molar-refractivity contribution in [2.45, 2.75) is 6.04 Å². The zero-order chi connectivity index (χ0) is 20.6. The number of hydrogen-bond acceptors (Lipinski definition) is 7. The van der Waals surface area contributed by atoms with Gasteiger partial charge in [-0.3, -0.25) is 9.59 Å². The van der Waals surface area contributed by atoms with Crippen LogP contribution in [0.1, 0.15) is 20.8 Å². The van der Waals surface area contributed by atoms with E-state index in [-0.39, 0.29) is 11.3 Å². The van der Waals surface area contributed by atoms with Crippen LogP contribution in [0.3, 0.4) is 0 Å². The van der Waals surface area contributed by atoms with E-state index in [0.29, 0.717) is 21.4 Å². The number of nitrogens with zero attached hydrogens (tertiary/aromatic N) is 1. The molecule has 0 atom stereocenters. The van der Waals surface area contributed by atoms with Crippen LogP contribution in [0.5, 0.6) is 0 Å². The fourth-order valence-corrected chi connectivity index (χ4v) is 2.87. The zero-order valence-electron chi connectivity index (χ0n) is 14.4. The van der Waals surface area contributed by atoms with Crippen LogP contribution in [0, 0.1) is 0 Å². The van der Waals surface area contributed by atoms with E-state index in [2.05, 4.69) is 5.32 Å². The van der Waals surface area contributed by atoms with Gasteiger partial charge in [-0.15, -0.1) is 0 Å². The number of nitrogens with one attached hydrogen (secondary N) is 1. The topological polar surface area (TPSA) is 172 Å². The second-order valence-corrected chi connectivity index (χ2v) is 6.61. The quantitative estimate of drug-likeness (QED) is 0.360. The van der Waals surface area contributed by atoms with Crippen molar-refractivity contribution in [1.82, 2.24) is 9.29 Å². The number of amides is 1. The molecule has 2 aromatic rings. The predicted octanol–water partition coefficient (Wildman–Crippen LogP) is -1.29. The first-order valence-electron chi connectivity index (χ1n) is 7.59. The van der Waals surface area contributed by atoms with Crippen molar-refractivity contribution in [2.75, 3.05) is 20.3 Å². The Bertz CT molecular complexity index is 872. The minimum Gasteiger partial charge on any atom is -0.400 e. The van der Waals surface area contributed by atoms with Crippen LogP contribution in [0.4, 0.5) is 0 Å². The van der Waals surface area contributed by atoms with Gasteiger partial charge in [-0.25, -0.2) is 9.11 Å². The summed E-state index contributed by atoms with van der Waals surface area (Å²) in [5.41, 5.74) is 1.01. The highest BCUT2D eigenvalue weighted by Gasteiger charge is 2.17. The molecule has 148 valence electrons. The molecule has 10 nitrogen and oxygen atoms in total. The second-order valence-electron chi connectivity index (χ2n) is 5.19. The maximum Gasteiger partial charge on any atom is 0.302 e. The van der Waals surface area contributed by atoms with Gasteiger partial charge in [0.25, 0.3) is 5.91 Å². The summed E-state index contributed by atoms with van der Waals surface area (Å²) in [6.45, 7) is -0.797. The first kappa shape index (κ1) is 22.5. The van der Waals surface area contributed by atoms with Gasteiger partial charge in [-0.1, -0.05) is 12.1 Å². The minimum atomic E-state index is -4.10. The van der Waals surface area contributed by atoms with E-state index in [1.165, 1.54) is 36.5 Å². The predicted molar refractivity (Wildman–Crippen MR) is 97.3 cm³/mol. The van der Waals surface area contributed by atoms with Crippen LogP contribution < -0.4 is 10.5 Å². The first-order chi connectivity index (χ1) is 12.8. The van der Waals surface area contributed by atoms with Gasteiger partial charge in [0, 0.05) is 24.4 Å². The Labute approximate surface area is 156 Å². The van der Waals surface area contributed by atoms with Crippen molar-refractivity contribution in [3.63, 3.8) is 0 Å². The van der Waals surface area contributed by atoms with Gasteiger partial charge in [0.05, 0.1) is 19.3 Å². The van der Waals surface area contributed by atoms with Crippen molar-refractivity contribution in [3.8, 4) is 11.1 Å². The van der Waals surface area contributed by atoms with Crippen LogP contribution >= 0.6 is 0 Å². The van der Waals surface area contributed by atoms with Gasteiger partial charge in [-0.2, -0.15) is 8.42 Å². The number of carbonyl (C=O) groups excluding carboxylic acids is 2. The number of aldehydes is 1. The van der Waals surface area contributed by atoms with Gasteiger partial charge >= 0.3 is 10.2 Å². The van der Waals surface area contributed by atoms with Gasteiger partial charge in [0.1, 0.15) is 5.69 Å². The highest BCUT2D eigenvalue weighted by atomic mass is 32.2. The minimum absolute atomic E-state index is 0.125. The first-order valence-corrected chi connectivity index (χ1v) is 9.09. The van der Waals surface area contributed by atoms with E-state index in [1.54, 1.807) is 0 Å². The fourth-order valence-electron chi connectivity index (χ4n) is 2.23. The monoisotopic (exact) mass is 399 g/mol. The SMILES string of the molecule is CO.NS(=O)(=O)n1ccc(-c2ccc(C(=O)NC(CO)CO)cc2)c1C=O. The number of rotatable bonds is 7. The molecule has 0 unspecified atom stereocenters. The van der Waals surface area contributed by atoms with Crippen molar-refractivity contribution in [1.29, 1.82) is 0 Å². The largest absolute Gasteiger partial charge is 0.400 e. The summed E-state index contributed by atoms with van der Waals surface area (Å²) in [4.78, 5) is 23.2. The molecule has 0 fully saturated rings. The lowest BCUT2D eigenvalue weighted by Gasteiger charge is -2.13. The zero-order valence-corrected chi connectivity index (χ0v) is 15.3. The molecule has 0 bridgehead atoms. The van der Waals surface area contributed by atoms with Crippen molar-refractivity contribution in [2.24, 2.45) is 5.14 Å². The molecule has 6 N–H and O–H groups in total. The third kappa shape index (κ3) is 5.45. The number of hydrogen-bond donors (Lipinski definition) is 5. The van der Waals surface area contributed by atoms with Gasteiger partial charge < -0.3 is 20.6 Å². The third-order valence-corrected chi connectivity index (χ3v) is 4.38. The van der Waals surface area contributed by atoms with Gasteiger partial charge in [0.2, 0.25) is 0 Å². The molecule has 0 saturated carbocycles. The maximum atomic E-state index is 12.0. The molecule has 1 aromatic heterocycles. The lowest BCUT2D eigenvalue weighted by Crippen LogP contribution is -2.40. The Hall–Kier alpha value is -2.57. The molecule has 0 aliphatic heterocycles. The fraction of sp³-hybridized carbons (Fsp3) is 0.250. The van der Waals surface area contributed by atoms with E-state index >= 15 is 0 Å². The molecule has 2 rings (SSSR count). The van der Waals surface area contributed by atoms with Gasteiger partial charge in [0.15, 0.2) is 6.29 Å². The number of nitrogens with two attached hydrogens (primary N) is 1. The Balaban J connectivity index is 0.00000176. The molecule has 0 spiro atoms. The smallest absolute Gasteiger partial charge is 0.302 e. The molecule has 1 amide bonds. The average molecular weight is 399 g/mol. The van der Waals surface area contributed by atoms with Gasteiger partial charge in [-0.05, 0) is 23.8 Å². The molecule has 11 heteroatoms. The number of carbonyl (C=O) groups is 2. The molecule has 1 aromatic carbocycles. The average Bonchev–Trinajstić information content (AvgIpc) is 3.12. The van der Waals surface area contributed by atoms with Crippen molar-refractivity contribution < 1.29 is 33.3 Å². The molecule has 0 saturated heterocycles. The Morgan fingerprint density at radius 1 is 1.19 bits per heavy atom. The van der Waals surface area contributed by atoms with Crippen molar-refractivity contribution in [3.05, 3.63) is 47.8 Å². The summed E-state index contributed by atoms with van der Waals surface area (Å²) in [5, 5.41) is 32.4. The van der Waals surface area contributed by atoms with Crippen LogP contribution in [0.15, 0.2) is 36.5 Å². The maximum absolute atomic E-state index is 12.0. The Morgan fingerprint density at radius 3 is 2.19 bits per heavy atom. The highest BCUT2D eigenvalue weighted by Crippen LogP contribution is 2.25. The lowest BCUT2D eigenvalue weighted by atomic mass is 10.0. The van der Waals surface area contributed by atoms with Crippen LogP contribution in [-0.2, 0) is 10.2 Å². The molecule has 0 aliphatic carbocycles. The molecular weight excluding hydrogens is 378 g/mol. The number of aliphatic hydroxyl groups excluding tert-OH is 3. The Morgan fingerprint density at radius 2 is 1.74 bits per heavy atom. The van der Waals surface area contributed by atoms with E-state index in [1.807, 2.05) is 0 Å². The summed E-state index contributed by atoms with van der Waals surface area (Å²) < 4.78 is 23.6. The second kappa shape index (κ2) is 9.94. The highest BCUT2D eigenvalue weighted by molar-refractivity contribution is 7.87. The molecule has 1 heterocycles. The number of aliphatic hydroxyl groups is 3. The van der Waals surface area contributed by atoms with E-state index in [9.17, 15) is 18.0 Å². The Kier molecular flexibility index (Phi) is 8.28. The van der Waals surface area contributed by atoms with Crippen LogP contribution in [0.2, 0.25) is 0 Å². The summed E-state index contributed by atoms with van der Waals surface area (Å²) in [6.07, 6.45) is 1.55. The summed E-state index contributed by atoms with van der Waals surface area (Å²) >= 11 is 0. The lowest BCUT2D eigenvalue weighted by molar-refractivity contribution is 0.0879. The summed E-state index contributed by atoms with van der Waals surface area (Å²) in [7, 11) is -3.10. The van der Waals surface area contributed by atoms with E-state index in [4.69, 9.17) is 20.5 Å².